The number of nitrogens with one attached hydrogen (secondary N) is 2. The first-order valence-corrected chi connectivity index (χ1v) is 8.97. The second-order valence-electron chi connectivity index (χ2n) is 5.97. The summed E-state index contributed by atoms with van der Waals surface area (Å²) in [5, 5.41) is 7.90. The Morgan fingerprint density at radius 2 is 2.12 bits per heavy atom. The van der Waals surface area contributed by atoms with Gasteiger partial charge >= 0.3 is 6.03 Å². The van der Waals surface area contributed by atoms with E-state index in [0.29, 0.717) is 13.1 Å². The molecule has 3 rings (SSSR count). The molecule has 0 unspecified atom stereocenters. The zero-order chi connectivity index (χ0) is 16.9. The van der Waals surface area contributed by atoms with Crippen LogP contribution in [-0.2, 0) is 4.79 Å². The fourth-order valence-corrected chi connectivity index (χ4v) is 3.69. The van der Waals surface area contributed by atoms with Crippen LogP contribution in [0.1, 0.15) is 19.8 Å². The molecular weight excluding hydrogens is 322 g/mol. The smallest absolute Gasteiger partial charge is 0.321 e. The van der Waals surface area contributed by atoms with Crippen LogP contribution < -0.4 is 10.6 Å². The molecular formula is C18H21N3O2S. The highest BCUT2D eigenvalue weighted by molar-refractivity contribution is 7.13. The second-order valence-corrected chi connectivity index (χ2v) is 6.92. The van der Waals surface area contributed by atoms with E-state index in [1.54, 1.807) is 16.2 Å². The summed E-state index contributed by atoms with van der Waals surface area (Å²) in [6, 6.07) is 11.9. The third-order valence-corrected chi connectivity index (χ3v) is 4.95. The number of amides is 3. The van der Waals surface area contributed by atoms with Gasteiger partial charge in [-0.2, -0.15) is 0 Å². The summed E-state index contributed by atoms with van der Waals surface area (Å²) in [6.07, 6.45) is 1.81. The van der Waals surface area contributed by atoms with E-state index in [4.69, 9.17) is 0 Å². The fourth-order valence-electron chi connectivity index (χ4n) is 2.96. The standard InChI is InChI=1S/C18H21N3O2S/c1-13(22)19-16-7-3-9-21(12-16)18(23)20-15-6-2-5-14(11-15)17-8-4-10-24-17/h2,4-6,8,10-11,16H,3,7,9,12H2,1H3,(H,19,22)(H,20,23)/t16-/m0/s1. The normalized spacial score (nSPS) is 17.4. The maximum Gasteiger partial charge on any atom is 0.321 e. The average molecular weight is 343 g/mol. The number of thiophene rings is 1. The van der Waals surface area contributed by atoms with Crippen LogP contribution in [-0.4, -0.2) is 36.0 Å². The van der Waals surface area contributed by atoms with Crippen LogP contribution in [0.25, 0.3) is 10.4 Å². The Labute approximate surface area is 145 Å². The molecule has 0 aliphatic carbocycles. The van der Waals surface area contributed by atoms with E-state index < -0.39 is 0 Å². The van der Waals surface area contributed by atoms with Crippen LogP contribution in [0.4, 0.5) is 10.5 Å². The van der Waals surface area contributed by atoms with Gasteiger partial charge in [-0.15, -0.1) is 11.3 Å². The Kier molecular flexibility index (Phi) is 5.15. The van der Waals surface area contributed by atoms with Gasteiger partial charge in [0.25, 0.3) is 0 Å². The molecule has 2 aromatic rings. The maximum absolute atomic E-state index is 12.5. The lowest BCUT2D eigenvalue weighted by Crippen LogP contribution is -2.50. The van der Waals surface area contributed by atoms with Crippen LogP contribution >= 0.6 is 11.3 Å². The van der Waals surface area contributed by atoms with Crippen molar-refractivity contribution >= 4 is 29.0 Å². The number of hydrogen-bond acceptors (Lipinski definition) is 3. The Bertz CT molecular complexity index is 715. The molecule has 0 radical (unpaired) electrons. The molecule has 0 saturated carbocycles. The van der Waals surface area contributed by atoms with Gasteiger partial charge in [0.05, 0.1) is 0 Å². The lowest BCUT2D eigenvalue weighted by molar-refractivity contribution is -0.119. The predicted molar refractivity (Wildman–Crippen MR) is 97.2 cm³/mol. The first-order chi connectivity index (χ1) is 11.6. The summed E-state index contributed by atoms with van der Waals surface area (Å²) >= 11 is 1.67. The minimum absolute atomic E-state index is 0.0412. The van der Waals surface area contributed by atoms with Crippen molar-refractivity contribution in [1.82, 2.24) is 10.2 Å². The fraction of sp³-hybridized carbons (Fsp3) is 0.333. The number of carbonyl (C=O) groups is 2. The molecule has 5 nitrogen and oxygen atoms in total. The number of rotatable bonds is 3. The summed E-state index contributed by atoms with van der Waals surface area (Å²) < 4.78 is 0. The van der Waals surface area contributed by atoms with Gasteiger partial charge < -0.3 is 15.5 Å². The molecule has 24 heavy (non-hydrogen) atoms. The van der Waals surface area contributed by atoms with E-state index in [1.807, 2.05) is 35.7 Å². The number of hydrogen-bond donors (Lipinski definition) is 2. The highest BCUT2D eigenvalue weighted by Crippen LogP contribution is 2.27. The number of anilines is 1. The highest BCUT2D eigenvalue weighted by Gasteiger charge is 2.24. The minimum Gasteiger partial charge on any atom is -0.352 e. The molecule has 1 aliphatic heterocycles. The van der Waals surface area contributed by atoms with Crippen LogP contribution in [0.2, 0.25) is 0 Å². The minimum atomic E-state index is -0.117. The summed E-state index contributed by atoms with van der Waals surface area (Å²) in [4.78, 5) is 26.6. The third-order valence-electron chi connectivity index (χ3n) is 4.04. The van der Waals surface area contributed by atoms with Gasteiger partial charge in [-0.1, -0.05) is 18.2 Å². The van der Waals surface area contributed by atoms with Crippen molar-refractivity contribution in [1.29, 1.82) is 0 Å². The Balaban J connectivity index is 1.64. The van der Waals surface area contributed by atoms with Crippen LogP contribution in [0.5, 0.6) is 0 Å². The van der Waals surface area contributed by atoms with Crippen molar-refractivity contribution < 1.29 is 9.59 Å². The predicted octanol–water partition coefficient (Wildman–Crippen LogP) is 3.55. The summed E-state index contributed by atoms with van der Waals surface area (Å²) in [6.45, 7) is 2.78. The van der Waals surface area contributed by atoms with Gasteiger partial charge in [0.15, 0.2) is 0 Å². The van der Waals surface area contributed by atoms with E-state index in [9.17, 15) is 9.59 Å². The first-order valence-electron chi connectivity index (χ1n) is 8.09. The summed E-state index contributed by atoms with van der Waals surface area (Å²) in [7, 11) is 0. The zero-order valence-corrected chi connectivity index (χ0v) is 14.4. The highest BCUT2D eigenvalue weighted by atomic mass is 32.1. The number of benzene rings is 1. The molecule has 1 saturated heterocycles. The number of nitrogens with zero attached hydrogens (tertiary/aromatic N) is 1. The zero-order valence-electron chi connectivity index (χ0n) is 13.6. The van der Waals surface area contributed by atoms with Crippen LogP contribution in [0, 0.1) is 0 Å². The van der Waals surface area contributed by atoms with Crippen LogP contribution in [0.15, 0.2) is 41.8 Å². The van der Waals surface area contributed by atoms with E-state index >= 15 is 0 Å². The molecule has 3 amide bonds. The van der Waals surface area contributed by atoms with Crippen molar-refractivity contribution in [3.05, 3.63) is 41.8 Å². The van der Waals surface area contributed by atoms with Crippen molar-refractivity contribution in [3.63, 3.8) is 0 Å². The molecule has 1 atom stereocenters. The third kappa shape index (κ3) is 4.14. The molecule has 126 valence electrons. The van der Waals surface area contributed by atoms with Gasteiger partial charge in [-0.3, -0.25) is 4.79 Å². The van der Waals surface area contributed by atoms with E-state index in [2.05, 4.69) is 16.7 Å². The summed E-state index contributed by atoms with van der Waals surface area (Å²) in [5.41, 5.74) is 1.88. The molecule has 1 aromatic heterocycles. The maximum atomic E-state index is 12.5. The lowest BCUT2D eigenvalue weighted by Gasteiger charge is -2.33. The molecule has 2 heterocycles. The van der Waals surface area contributed by atoms with E-state index in [-0.39, 0.29) is 18.0 Å². The lowest BCUT2D eigenvalue weighted by atomic mass is 10.1. The largest absolute Gasteiger partial charge is 0.352 e. The molecule has 1 aliphatic rings. The summed E-state index contributed by atoms with van der Waals surface area (Å²) in [5.74, 6) is -0.0501. The van der Waals surface area contributed by atoms with Gasteiger partial charge in [0.2, 0.25) is 5.91 Å². The number of urea groups is 1. The molecule has 1 aromatic carbocycles. The van der Waals surface area contributed by atoms with Gasteiger partial charge in [-0.25, -0.2) is 4.79 Å². The van der Waals surface area contributed by atoms with Crippen LogP contribution in [0.3, 0.4) is 0 Å². The second kappa shape index (κ2) is 7.49. The molecule has 1 fully saturated rings. The van der Waals surface area contributed by atoms with E-state index in [1.165, 1.54) is 11.8 Å². The quantitative estimate of drug-likeness (QED) is 0.895. The van der Waals surface area contributed by atoms with Gasteiger partial charge in [0, 0.05) is 36.6 Å². The Morgan fingerprint density at radius 1 is 1.25 bits per heavy atom. The SMILES string of the molecule is CC(=O)N[C@H]1CCCN(C(=O)Nc2cccc(-c3cccs3)c2)C1. The number of carbonyl (C=O) groups excluding carboxylic acids is 2. The van der Waals surface area contributed by atoms with E-state index in [0.717, 1.165) is 24.1 Å². The Morgan fingerprint density at radius 3 is 2.88 bits per heavy atom. The molecule has 0 bridgehead atoms. The molecule has 0 spiro atoms. The van der Waals surface area contributed by atoms with Crippen molar-refractivity contribution in [2.24, 2.45) is 0 Å². The van der Waals surface area contributed by atoms with Gasteiger partial charge in [0.1, 0.15) is 0 Å². The van der Waals surface area contributed by atoms with Gasteiger partial charge in [-0.05, 0) is 42.0 Å². The number of likely N-dealkylation sites (tertiary alicyclic amines) is 1. The first kappa shape index (κ1) is 16.5. The van der Waals surface area contributed by atoms with Crippen molar-refractivity contribution in [2.45, 2.75) is 25.8 Å². The topological polar surface area (TPSA) is 61.4 Å². The van der Waals surface area contributed by atoms with Crippen molar-refractivity contribution in [3.8, 4) is 10.4 Å². The number of piperidine rings is 1. The molecule has 6 heteroatoms. The molecule has 2 N–H and O–H groups in total. The van der Waals surface area contributed by atoms with Crippen molar-refractivity contribution in [2.75, 3.05) is 18.4 Å². The average Bonchev–Trinajstić information content (AvgIpc) is 3.09. The Hall–Kier alpha value is -2.34. The monoisotopic (exact) mass is 343 g/mol.